The van der Waals surface area contributed by atoms with Gasteiger partial charge in [0.25, 0.3) is 5.91 Å². The zero-order chi connectivity index (χ0) is 21.5. The number of aromatic nitrogens is 1. The first-order chi connectivity index (χ1) is 14.5. The molecule has 0 aliphatic rings. The highest BCUT2D eigenvalue weighted by Gasteiger charge is 2.21. The number of amides is 2. The average molecular weight is 416 g/mol. The molecule has 3 rings (SSSR count). The summed E-state index contributed by atoms with van der Waals surface area (Å²) in [5.74, 6) is -2.48. The maximum atomic E-state index is 14.0. The number of hydrogen-bond donors (Lipinski definition) is 4. The average Bonchev–Trinajstić information content (AvgIpc) is 3.10. The maximum absolute atomic E-state index is 14.0. The highest BCUT2D eigenvalue weighted by atomic mass is 19.1. The lowest BCUT2D eigenvalue weighted by atomic mass is 10.2. The SMILES string of the molecule is O=CNc1nc(-c2c(F)cccc2F)oc1Nc1ccc(C(=O)NCCCO)cc1. The fourth-order valence-electron chi connectivity index (χ4n) is 2.59. The number of nitrogens with zero attached hydrogens (tertiary/aromatic N) is 1. The Morgan fingerprint density at radius 1 is 1.13 bits per heavy atom. The van der Waals surface area contributed by atoms with Gasteiger partial charge < -0.3 is 25.5 Å². The fraction of sp³-hybridized carbons (Fsp3) is 0.150. The van der Waals surface area contributed by atoms with Crippen LogP contribution in [0.1, 0.15) is 16.8 Å². The second-order valence-electron chi connectivity index (χ2n) is 6.09. The lowest BCUT2D eigenvalue weighted by Crippen LogP contribution is -2.24. The molecular weight excluding hydrogens is 398 g/mol. The van der Waals surface area contributed by atoms with E-state index in [1.807, 2.05) is 0 Å². The molecule has 0 aliphatic heterocycles. The molecule has 0 fully saturated rings. The Bertz CT molecular complexity index is 1020. The van der Waals surface area contributed by atoms with Gasteiger partial charge in [-0.2, -0.15) is 4.98 Å². The molecule has 0 saturated heterocycles. The van der Waals surface area contributed by atoms with E-state index >= 15 is 0 Å². The number of carbonyl (C=O) groups is 2. The Morgan fingerprint density at radius 3 is 2.47 bits per heavy atom. The van der Waals surface area contributed by atoms with Crippen molar-refractivity contribution in [1.82, 2.24) is 10.3 Å². The van der Waals surface area contributed by atoms with Crippen LogP contribution in [0, 0.1) is 11.6 Å². The Hall–Kier alpha value is -3.79. The number of carbonyl (C=O) groups excluding carboxylic acids is 2. The maximum Gasteiger partial charge on any atom is 0.251 e. The molecule has 0 saturated carbocycles. The molecule has 10 heteroatoms. The standard InChI is InChI=1S/C20H18F2N4O4/c21-14-3-1-4-15(22)16(14)19-26-17(24-11-28)20(30-19)25-13-7-5-12(6-8-13)18(29)23-9-2-10-27/h1,3-8,11,25,27H,2,9-10H2,(H,23,29)(H,24,28). The van der Waals surface area contributed by atoms with Crippen molar-refractivity contribution in [2.45, 2.75) is 6.42 Å². The molecule has 0 atom stereocenters. The first-order valence-electron chi connectivity index (χ1n) is 8.95. The number of aliphatic hydroxyl groups is 1. The Labute approximate surface area is 169 Å². The number of halogens is 2. The number of benzene rings is 2. The van der Waals surface area contributed by atoms with Crippen molar-refractivity contribution >= 4 is 29.7 Å². The van der Waals surface area contributed by atoms with E-state index in [0.29, 0.717) is 30.6 Å². The van der Waals surface area contributed by atoms with E-state index in [-0.39, 0.29) is 30.1 Å². The molecule has 0 unspecified atom stereocenters. The molecule has 8 nitrogen and oxygen atoms in total. The van der Waals surface area contributed by atoms with Gasteiger partial charge >= 0.3 is 0 Å². The molecule has 0 aliphatic carbocycles. The van der Waals surface area contributed by atoms with Gasteiger partial charge in [0.1, 0.15) is 17.2 Å². The van der Waals surface area contributed by atoms with Crippen molar-refractivity contribution in [2.75, 3.05) is 23.8 Å². The summed E-state index contributed by atoms with van der Waals surface area (Å²) in [6.45, 7) is 0.333. The molecule has 4 N–H and O–H groups in total. The van der Waals surface area contributed by atoms with Crippen LogP contribution in [-0.4, -0.2) is 35.6 Å². The van der Waals surface area contributed by atoms with Gasteiger partial charge in [-0.15, -0.1) is 0 Å². The van der Waals surface area contributed by atoms with Gasteiger partial charge in [-0.3, -0.25) is 9.59 Å². The number of rotatable bonds is 9. The zero-order valence-electron chi connectivity index (χ0n) is 15.6. The lowest BCUT2D eigenvalue weighted by molar-refractivity contribution is -0.105. The second kappa shape index (κ2) is 9.61. The van der Waals surface area contributed by atoms with E-state index in [9.17, 15) is 18.4 Å². The largest absolute Gasteiger partial charge is 0.418 e. The minimum atomic E-state index is -0.864. The van der Waals surface area contributed by atoms with E-state index < -0.39 is 17.2 Å². The van der Waals surface area contributed by atoms with Gasteiger partial charge in [-0.1, -0.05) is 6.07 Å². The van der Waals surface area contributed by atoms with Crippen LogP contribution in [0.5, 0.6) is 0 Å². The fourth-order valence-corrected chi connectivity index (χ4v) is 2.59. The quantitative estimate of drug-likeness (QED) is 0.315. The van der Waals surface area contributed by atoms with Crippen molar-refractivity contribution < 1.29 is 27.9 Å². The van der Waals surface area contributed by atoms with Crippen LogP contribution in [-0.2, 0) is 4.79 Å². The normalized spacial score (nSPS) is 10.5. The minimum absolute atomic E-state index is 0.0176. The highest BCUT2D eigenvalue weighted by molar-refractivity contribution is 5.94. The van der Waals surface area contributed by atoms with Crippen LogP contribution in [0.4, 0.5) is 26.2 Å². The minimum Gasteiger partial charge on any atom is -0.418 e. The molecule has 0 radical (unpaired) electrons. The van der Waals surface area contributed by atoms with E-state index in [0.717, 1.165) is 12.1 Å². The summed E-state index contributed by atoms with van der Waals surface area (Å²) in [7, 11) is 0. The van der Waals surface area contributed by atoms with Gasteiger partial charge in [0.2, 0.25) is 18.2 Å². The number of aliphatic hydroxyl groups excluding tert-OH is 1. The third-order valence-corrected chi connectivity index (χ3v) is 4.02. The molecule has 1 heterocycles. The van der Waals surface area contributed by atoms with E-state index in [1.165, 1.54) is 6.07 Å². The second-order valence-corrected chi connectivity index (χ2v) is 6.09. The monoisotopic (exact) mass is 416 g/mol. The predicted molar refractivity (Wildman–Crippen MR) is 105 cm³/mol. The van der Waals surface area contributed by atoms with Gasteiger partial charge in [-0.25, -0.2) is 8.78 Å². The lowest BCUT2D eigenvalue weighted by Gasteiger charge is -2.07. The molecule has 156 valence electrons. The van der Waals surface area contributed by atoms with Gasteiger partial charge in [0.05, 0.1) is 0 Å². The molecule has 3 aromatic rings. The summed E-state index contributed by atoms with van der Waals surface area (Å²) in [6, 6.07) is 9.60. The summed E-state index contributed by atoms with van der Waals surface area (Å²) in [6.07, 6.45) is 0.804. The highest BCUT2D eigenvalue weighted by Crippen LogP contribution is 2.33. The molecule has 30 heavy (non-hydrogen) atoms. The Kier molecular flexibility index (Phi) is 6.71. The van der Waals surface area contributed by atoms with Crippen molar-refractivity contribution in [3.8, 4) is 11.5 Å². The van der Waals surface area contributed by atoms with Crippen molar-refractivity contribution in [3.63, 3.8) is 0 Å². The molecule has 0 spiro atoms. The predicted octanol–water partition coefficient (Wildman–Crippen LogP) is 3.04. The number of nitrogens with one attached hydrogen (secondary N) is 3. The summed E-state index contributed by atoms with van der Waals surface area (Å²) < 4.78 is 33.5. The zero-order valence-corrected chi connectivity index (χ0v) is 15.6. The summed E-state index contributed by atoms with van der Waals surface area (Å²) >= 11 is 0. The van der Waals surface area contributed by atoms with Crippen LogP contribution in [0.25, 0.3) is 11.5 Å². The van der Waals surface area contributed by atoms with Crippen LogP contribution in [0.3, 0.4) is 0 Å². The Morgan fingerprint density at radius 2 is 1.83 bits per heavy atom. The topological polar surface area (TPSA) is 116 Å². The molecular formula is C20H18F2N4O4. The van der Waals surface area contributed by atoms with Gasteiger partial charge in [0.15, 0.2) is 5.82 Å². The van der Waals surface area contributed by atoms with Crippen LogP contribution in [0.15, 0.2) is 46.9 Å². The molecule has 0 bridgehead atoms. The number of oxazole rings is 1. The third kappa shape index (κ3) is 4.78. The van der Waals surface area contributed by atoms with Crippen molar-refractivity contribution in [3.05, 3.63) is 59.7 Å². The number of hydrogen-bond acceptors (Lipinski definition) is 6. The van der Waals surface area contributed by atoms with Gasteiger partial charge in [-0.05, 0) is 42.8 Å². The van der Waals surface area contributed by atoms with Crippen LogP contribution < -0.4 is 16.0 Å². The number of anilines is 3. The Balaban J connectivity index is 1.81. The smallest absolute Gasteiger partial charge is 0.251 e. The van der Waals surface area contributed by atoms with Crippen molar-refractivity contribution in [1.29, 1.82) is 0 Å². The van der Waals surface area contributed by atoms with E-state index in [4.69, 9.17) is 9.52 Å². The summed E-state index contributed by atoms with van der Waals surface area (Å²) in [5, 5.41) is 16.6. The van der Waals surface area contributed by atoms with Crippen LogP contribution in [0.2, 0.25) is 0 Å². The molecule has 1 aromatic heterocycles. The van der Waals surface area contributed by atoms with E-state index in [1.54, 1.807) is 24.3 Å². The first-order valence-corrected chi connectivity index (χ1v) is 8.95. The molecule has 2 amide bonds. The van der Waals surface area contributed by atoms with Gasteiger partial charge in [0, 0.05) is 24.4 Å². The molecule has 2 aromatic carbocycles. The van der Waals surface area contributed by atoms with Crippen molar-refractivity contribution in [2.24, 2.45) is 0 Å². The third-order valence-electron chi connectivity index (χ3n) is 4.02. The first kappa shape index (κ1) is 20.9. The summed E-state index contributed by atoms with van der Waals surface area (Å²) in [4.78, 5) is 26.8. The summed E-state index contributed by atoms with van der Waals surface area (Å²) in [5.41, 5.74) is 0.415. The van der Waals surface area contributed by atoms with E-state index in [2.05, 4.69) is 20.9 Å². The van der Waals surface area contributed by atoms with Crippen LogP contribution >= 0.6 is 0 Å².